The molecule has 2 nitrogen and oxygen atoms in total. The van der Waals surface area contributed by atoms with E-state index in [1.807, 2.05) is 0 Å². The number of hydrogen-bond acceptors (Lipinski definition) is 2. The number of hydrogen-bond donors (Lipinski definition) is 0. The highest BCUT2D eigenvalue weighted by Gasteiger charge is 2.30. The zero-order chi connectivity index (χ0) is 6.62. The largest absolute Gasteiger partial charge is 0.593 e. The summed E-state index contributed by atoms with van der Waals surface area (Å²) < 4.78 is 32.7. The molecule has 0 N–H and O–H groups in total. The van der Waals surface area contributed by atoms with E-state index in [4.69, 9.17) is 0 Å². The second-order valence-corrected chi connectivity index (χ2v) is 0.901. The normalized spacial score (nSPS) is 12.5. The van der Waals surface area contributed by atoms with Crippen molar-refractivity contribution in [3.8, 4) is 0 Å². The molecule has 0 aromatic heterocycles. The van der Waals surface area contributed by atoms with Crippen LogP contribution in [0.5, 0.6) is 0 Å². The maximum atomic E-state index is 10.9. The molecule has 0 aliphatic carbocycles. The molecule has 0 saturated heterocycles. The molecule has 0 amide bonds. The van der Waals surface area contributed by atoms with Gasteiger partial charge in [-0.05, 0) is 6.92 Å². The molecule has 0 atom stereocenters. The van der Waals surface area contributed by atoms with Crippen LogP contribution in [0.1, 0.15) is 6.92 Å². The first kappa shape index (κ1) is 7.26. The van der Waals surface area contributed by atoms with E-state index in [0.717, 1.165) is 6.21 Å². The molecule has 0 aliphatic rings. The molecule has 0 radical (unpaired) electrons. The standard InChI is InChI=1S/C3H4F3NO/c1-2-7-8-3(4,5)6/h2H,1H3. The second-order valence-electron chi connectivity index (χ2n) is 0.901. The minimum Gasteiger partial charge on any atom is -0.294 e. The molecule has 0 spiro atoms. The van der Waals surface area contributed by atoms with Crippen molar-refractivity contribution in [2.24, 2.45) is 5.16 Å². The van der Waals surface area contributed by atoms with Gasteiger partial charge >= 0.3 is 6.36 Å². The van der Waals surface area contributed by atoms with Crippen LogP contribution in [0, 0.1) is 0 Å². The van der Waals surface area contributed by atoms with Crippen LogP contribution >= 0.6 is 0 Å². The van der Waals surface area contributed by atoms with Crippen LogP contribution < -0.4 is 0 Å². The third kappa shape index (κ3) is 5.26. The van der Waals surface area contributed by atoms with Crippen molar-refractivity contribution in [2.45, 2.75) is 13.3 Å². The van der Waals surface area contributed by atoms with Gasteiger partial charge in [0.2, 0.25) is 0 Å². The number of rotatable bonds is 1. The SMILES string of the molecule is CC=NOC(F)(F)F. The smallest absolute Gasteiger partial charge is 0.294 e. The van der Waals surface area contributed by atoms with Crippen molar-refractivity contribution in [3.05, 3.63) is 0 Å². The first-order valence-electron chi connectivity index (χ1n) is 1.79. The predicted octanol–water partition coefficient (Wildman–Crippen LogP) is 1.53. The van der Waals surface area contributed by atoms with Gasteiger partial charge in [0.25, 0.3) is 0 Å². The van der Waals surface area contributed by atoms with Crippen molar-refractivity contribution in [2.75, 3.05) is 0 Å². The molecular formula is C3H4F3NO. The summed E-state index contributed by atoms with van der Waals surface area (Å²) >= 11 is 0. The average molecular weight is 127 g/mol. The summed E-state index contributed by atoms with van der Waals surface area (Å²) in [6.07, 6.45) is -3.74. The van der Waals surface area contributed by atoms with Crippen LogP contribution in [0.4, 0.5) is 13.2 Å². The molecule has 48 valence electrons. The molecule has 0 aliphatic heterocycles. The number of halogens is 3. The first-order chi connectivity index (χ1) is 3.56. The van der Waals surface area contributed by atoms with E-state index in [9.17, 15) is 13.2 Å². The maximum Gasteiger partial charge on any atom is 0.593 e. The highest BCUT2D eigenvalue weighted by molar-refractivity contribution is 5.52. The fourth-order valence-corrected chi connectivity index (χ4v) is 0.112. The van der Waals surface area contributed by atoms with Gasteiger partial charge in [-0.3, -0.25) is 4.84 Å². The molecule has 0 fully saturated rings. The Morgan fingerprint density at radius 2 is 2.00 bits per heavy atom. The van der Waals surface area contributed by atoms with Gasteiger partial charge in [0.1, 0.15) is 0 Å². The quantitative estimate of drug-likeness (QED) is 0.386. The van der Waals surface area contributed by atoms with E-state index in [1.54, 1.807) is 0 Å². The molecule has 0 aromatic rings. The Balaban J connectivity index is 3.39. The number of oxime groups is 1. The zero-order valence-corrected chi connectivity index (χ0v) is 4.07. The van der Waals surface area contributed by atoms with Crippen LogP contribution in [0.25, 0.3) is 0 Å². The van der Waals surface area contributed by atoms with Gasteiger partial charge < -0.3 is 0 Å². The van der Waals surface area contributed by atoms with Crippen LogP contribution in [-0.4, -0.2) is 12.6 Å². The molecule has 0 bridgehead atoms. The highest BCUT2D eigenvalue weighted by Crippen LogP contribution is 2.15. The van der Waals surface area contributed by atoms with Crippen LogP contribution in [0.15, 0.2) is 5.16 Å². The van der Waals surface area contributed by atoms with Gasteiger partial charge in [-0.1, -0.05) is 5.16 Å². The average Bonchev–Trinajstić information content (AvgIpc) is 1.59. The third-order valence-corrected chi connectivity index (χ3v) is 0.262. The monoisotopic (exact) mass is 127 g/mol. The third-order valence-electron chi connectivity index (χ3n) is 0.262. The topological polar surface area (TPSA) is 21.6 Å². The van der Waals surface area contributed by atoms with E-state index in [2.05, 4.69) is 9.99 Å². The van der Waals surface area contributed by atoms with Gasteiger partial charge in [-0.2, -0.15) is 0 Å². The molecular weight excluding hydrogens is 123 g/mol. The fraction of sp³-hybridized carbons (Fsp3) is 0.667. The molecule has 0 unspecified atom stereocenters. The van der Waals surface area contributed by atoms with Crippen LogP contribution in [-0.2, 0) is 4.84 Å². The zero-order valence-electron chi connectivity index (χ0n) is 4.07. The Morgan fingerprint density at radius 3 is 2.12 bits per heavy atom. The van der Waals surface area contributed by atoms with Crippen LogP contribution in [0.2, 0.25) is 0 Å². The van der Waals surface area contributed by atoms with Gasteiger partial charge in [-0.25, -0.2) is 0 Å². The van der Waals surface area contributed by atoms with Crippen molar-refractivity contribution in [1.29, 1.82) is 0 Å². The van der Waals surface area contributed by atoms with Gasteiger partial charge in [-0.15, -0.1) is 13.2 Å². The lowest BCUT2D eigenvalue weighted by atomic mass is 10.9. The van der Waals surface area contributed by atoms with Gasteiger partial charge in [0, 0.05) is 6.21 Å². The minimum atomic E-state index is -4.65. The molecule has 0 aromatic carbocycles. The molecule has 0 rings (SSSR count). The van der Waals surface area contributed by atoms with E-state index in [1.165, 1.54) is 6.92 Å². The van der Waals surface area contributed by atoms with Crippen molar-refractivity contribution >= 4 is 6.21 Å². The Kier molecular flexibility index (Phi) is 2.30. The van der Waals surface area contributed by atoms with E-state index >= 15 is 0 Å². The van der Waals surface area contributed by atoms with Gasteiger partial charge in [0.15, 0.2) is 0 Å². The van der Waals surface area contributed by atoms with Gasteiger partial charge in [0.05, 0.1) is 0 Å². The van der Waals surface area contributed by atoms with E-state index < -0.39 is 6.36 Å². The Bertz CT molecular complexity index is 87.0. The fourth-order valence-electron chi connectivity index (χ4n) is 0.112. The second kappa shape index (κ2) is 2.54. The van der Waals surface area contributed by atoms with Crippen molar-refractivity contribution in [3.63, 3.8) is 0 Å². The summed E-state index contributed by atoms with van der Waals surface area (Å²) in [6, 6.07) is 0. The predicted molar refractivity (Wildman–Crippen MR) is 21.3 cm³/mol. The molecule has 0 saturated carbocycles. The molecule has 8 heavy (non-hydrogen) atoms. The number of nitrogens with zero attached hydrogens (tertiary/aromatic N) is 1. The number of alkyl halides is 3. The summed E-state index contributed by atoms with van der Waals surface area (Å²) in [5, 5.41) is 2.49. The van der Waals surface area contributed by atoms with Crippen molar-refractivity contribution in [1.82, 2.24) is 0 Å². The maximum absolute atomic E-state index is 10.9. The minimum absolute atomic E-state index is 0.910. The van der Waals surface area contributed by atoms with Crippen LogP contribution in [0.3, 0.4) is 0 Å². The van der Waals surface area contributed by atoms with E-state index in [0.29, 0.717) is 0 Å². The Morgan fingerprint density at radius 1 is 1.50 bits per heavy atom. The highest BCUT2D eigenvalue weighted by atomic mass is 19.4. The summed E-state index contributed by atoms with van der Waals surface area (Å²) in [7, 11) is 0. The van der Waals surface area contributed by atoms with Crippen molar-refractivity contribution < 1.29 is 18.0 Å². The lowest BCUT2D eigenvalue weighted by Crippen LogP contribution is -2.08. The lowest BCUT2D eigenvalue weighted by Gasteiger charge is -1.98. The summed E-state index contributed by atoms with van der Waals surface area (Å²) in [6.45, 7) is 1.33. The Labute approximate surface area is 43.9 Å². The Hall–Kier alpha value is -0.740. The first-order valence-corrected chi connectivity index (χ1v) is 1.79. The molecule has 0 heterocycles. The van der Waals surface area contributed by atoms with E-state index in [-0.39, 0.29) is 0 Å². The molecule has 5 heteroatoms. The lowest BCUT2D eigenvalue weighted by molar-refractivity contribution is -0.325. The summed E-state index contributed by atoms with van der Waals surface area (Å²) in [5.74, 6) is 0. The summed E-state index contributed by atoms with van der Waals surface area (Å²) in [5.41, 5.74) is 0. The summed E-state index contributed by atoms with van der Waals surface area (Å²) in [4.78, 5) is 2.95.